The number of carbonyl (C=O) groups excluding carboxylic acids is 1. The summed E-state index contributed by atoms with van der Waals surface area (Å²) in [6.45, 7) is 1.88. The van der Waals surface area contributed by atoms with Crippen molar-refractivity contribution in [2.24, 2.45) is 0 Å². The summed E-state index contributed by atoms with van der Waals surface area (Å²) in [5.74, 6) is 0.534. The van der Waals surface area contributed by atoms with Crippen LogP contribution < -0.4 is 4.74 Å². The van der Waals surface area contributed by atoms with Gasteiger partial charge in [-0.05, 0) is 30.8 Å². The minimum Gasteiger partial charge on any atom is -0.431 e. The molecule has 0 aliphatic carbocycles. The lowest BCUT2D eigenvalue weighted by Crippen LogP contribution is -2.25. The zero-order chi connectivity index (χ0) is 11.4. The minimum atomic E-state index is 0.340. The van der Waals surface area contributed by atoms with Gasteiger partial charge in [-0.1, -0.05) is 12.1 Å². The van der Waals surface area contributed by atoms with Gasteiger partial charge in [0.15, 0.2) is 6.29 Å². The molecule has 0 radical (unpaired) electrons. The van der Waals surface area contributed by atoms with Gasteiger partial charge in [-0.3, -0.25) is 4.79 Å². The average Bonchev–Trinajstić information content (AvgIpc) is 2.20. The van der Waals surface area contributed by atoms with Crippen LogP contribution in [0, 0.1) is 6.92 Å². The van der Waals surface area contributed by atoms with Gasteiger partial charge in [0.2, 0.25) is 0 Å². The Balaban J connectivity index is 3.02. The van der Waals surface area contributed by atoms with Crippen molar-refractivity contribution in [2.75, 3.05) is 14.1 Å². The first-order valence-electron chi connectivity index (χ1n) is 4.50. The molecule has 0 spiro atoms. The zero-order valence-electron chi connectivity index (χ0n) is 8.98. The molecule has 0 aliphatic rings. The smallest absolute Gasteiger partial charge is 0.264 e. The van der Waals surface area contributed by atoms with Crippen molar-refractivity contribution in [1.29, 1.82) is 0 Å². The van der Waals surface area contributed by atoms with E-state index in [9.17, 15) is 4.79 Å². The number of para-hydroxylation sites is 1. The highest BCUT2D eigenvalue weighted by Crippen LogP contribution is 2.22. The van der Waals surface area contributed by atoms with E-state index in [-0.39, 0.29) is 0 Å². The van der Waals surface area contributed by atoms with Gasteiger partial charge < -0.3 is 9.64 Å². The van der Waals surface area contributed by atoms with Gasteiger partial charge in [-0.25, -0.2) is 0 Å². The van der Waals surface area contributed by atoms with Crippen LogP contribution in [-0.2, 0) is 0 Å². The molecule has 0 atom stereocenters. The number of hydrogen-bond donors (Lipinski definition) is 0. The van der Waals surface area contributed by atoms with Crippen LogP contribution in [0.15, 0.2) is 18.2 Å². The number of ether oxygens (including phenoxy) is 1. The Labute approximate surface area is 94.6 Å². The monoisotopic (exact) mass is 223 g/mol. The second-order valence-electron chi connectivity index (χ2n) is 3.37. The number of carbonyl (C=O) groups is 1. The molecular weight excluding hydrogens is 210 g/mol. The highest BCUT2D eigenvalue weighted by atomic mass is 32.1. The van der Waals surface area contributed by atoms with E-state index < -0.39 is 0 Å². The van der Waals surface area contributed by atoms with Crippen molar-refractivity contribution >= 4 is 23.7 Å². The van der Waals surface area contributed by atoms with Crippen LogP contribution in [0.4, 0.5) is 0 Å². The van der Waals surface area contributed by atoms with Crippen LogP contribution in [0.3, 0.4) is 0 Å². The third-order valence-electron chi connectivity index (χ3n) is 1.92. The lowest BCUT2D eigenvalue weighted by atomic mass is 10.1. The summed E-state index contributed by atoms with van der Waals surface area (Å²) in [7, 11) is 3.59. The number of aryl methyl sites for hydroxylation is 1. The van der Waals surface area contributed by atoms with Gasteiger partial charge in [0, 0.05) is 14.1 Å². The number of nitrogens with zero attached hydrogens (tertiary/aromatic N) is 1. The highest BCUT2D eigenvalue weighted by molar-refractivity contribution is 7.80. The van der Waals surface area contributed by atoms with Crippen molar-refractivity contribution in [1.82, 2.24) is 4.90 Å². The maximum atomic E-state index is 10.8. The molecule has 1 aromatic carbocycles. The molecule has 0 aliphatic heterocycles. The van der Waals surface area contributed by atoms with Crippen LogP contribution in [0.2, 0.25) is 0 Å². The van der Waals surface area contributed by atoms with Gasteiger partial charge in [0.05, 0.1) is 5.56 Å². The lowest BCUT2D eigenvalue weighted by molar-refractivity contribution is 0.112. The molecule has 4 heteroatoms. The number of thiocarbonyl (C=S) groups is 1. The molecule has 1 aromatic rings. The molecule has 0 N–H and O–H groups in total. The van der Waals surface area contributed by atoms with Crippen LogP contribution in [0.5, 0.6) is 5.75 Å². The average molecular weight is 223 g/mol. The predicted octanol–water partition coefficient (Wildman–Crippen LogP) is 2.03. The van der Waals surface area contributed by atoms with E-state index in [0.29, 0.717) is 16.5 Å². The summed E-state index contributed by atoms with van der Waals surface area (Å²) >= 11 is 5.01. The van der Waals surface area contributed by atoms with E-state index >= 15 is 0 Å². The molecular formula is C11H13NO2S. The molecule has 0 heterocycles. The van der Waals surface area contributed by atoms with Crippen molar-refractivity contribution in [3.8, 4) is 5.75 Å². The Kier molecular flexibility index (Phi) is 3.80. The summed E-state index contributed by atoms with van der Waals surface area (Å²) in [5, 5.41) is 0.340. The molecule has 0 aromatic heterocycles. The van der Waals surface area contributed by atoms with Crippen LogP contribution in [0.25, 0.3) is 0 Å². The van der Waals surface area contributed by atoms with Crippen LogP contribution in [-0.4, -0.2) is 30.5 Å². The Morgan fingerprint density at radius 1 is 1.47 bits per heavy atom. The summed E-state index contributed by atoms with van der Waals surface area (Å²) < 4.78 is 5.45. The number of rotatable bonds is 2. The second kappa shape index (κ2) is 4.89. The number of aldehydes is 1. The standard InChI is InChI=1S/C11H13NO2S/c1-8-5-4-6-9(7-13)10(8)14-11(15)12(2)3/h4-7H,1-3H3. The lowest BCUT2D eigenvalue weighted by Gasteiger charge is -2.16. The molecule has 0 fully saturated rings. The normalized spacial score (nSPS) is 9.53. The van der Waals surface area contributed by atoms with Crippen molar-refractivity contribution in [3.63, 3.8) is 0 Å². The second-order valence-corrected chi connectivity index (χ2v) is 3.72. The Morgan fingerprint density at radius 3 is 2.67 bits per heavy atom. The molecule has 0 amide bonds. The Morgan fingerprint density at radius 2 is 2.13 bits per heavy atom. The van der Waals surface area contributed by atoms with E-state index in [2.05, 4.69) is 0 Å². The van der Waals surface area contributed by atoms with Gasteiger partial charge in [-0.2, -0.15) is 0 Å². The molecule has 0 saturated carbocycles. The van der Waals surface area contributed by atoms with E-state index in [1.54, 1.807) is 25.1 Å². The van der Waals surface area contributed by atoms with Crippen molar-refractivity contribution < 1.29 is 9.53 Å². The fourth-order valence-electron chi connectivity index (χ4n) is 1.09. The summed E-state index contributed by atoms with van der Waals surface area (Å²) in [6.07, 6.45) is 0.764. The van der Waals surface area contributed by atoms with Crippen molar-refractivity contribution in [3.05, 3.63) is 29.3 Å². The van der Waals surface area contributed by atoms with Gasteiger partial charge in [0.1, 0.15) is 5.75 Å². The summed E-state index contributed by atoms with van der Waals surface area (Å²) in [5.41, 5.74) is 1.41. The van der Waals surface area contributed by atoms with Gasteiger partial charge in [0.25, 0.3) is 5.17 Å². The third-order valence-corrected chi connectivity index (χ3v) is 2.37. The van der Waals surface area contributed by atoms with E-state index in [1.165, 1.54) is 0 Å². The van der Waals surface area contributed by atoms with Crippen molar-refractivity contribution in [2.45, 2.75) is 6.92 Å². The molecule has 1 rings (SSSR count). The molecule has 0 saturated heterocycles. The Bertz CT molecular complexity index is 388. The topological polar surface area (TPSA) is 29.5 Å². The largest absolute Gasteiger partial charge is 0.431 e. The molecule has 3 nitrogen and oxygen atoms in total. The molecule has 0 bridgehead atoms. The number of hydrogen-bond acceptors (Lipinski definition) is 3. The summed E-state index contributed by atoms with van der Waals surface area (Å²) in [6, 6.07) is 5.39. The third kappa shape index (κ3) is 2.76. The zero-order valence-corrected chi connectivity index (χ0v) is 9.80. The van der Waals surface area contributed by atoms with Crippen LogP contribution in [0.1, 0.15) is 15.9 Å². The van der Waals surface area contributed by atoms with E-state index in [0.717, 1.165) is 11.8 Å². The quantitative estimate of drug-likeness (QED) is 0.567. The first-order valence-corrected chi connectivity index (χ1v) is 4.91. The maximum Gasteiger partial charge on any atom is 0.264 e. The maximum absolute atomic E-state index is 10.8. The fourth-order valence-corrected chi connectivity index (χ4v) is 1.17. The van der Waals surface area contributed by atoms with E-state index in [4.69, 9.17) is 17.0 Å². The fraction of sp³-hybridized carbons (Fsp3) is 0.273. The molecule has 80 valence electrons. The first-order chi connectivity index (χ1) is 7.06. The Hall–Kier alpha value is -1.42. The minimum absolute atomic E-state index is 0.340. The van der Waals surface area contributed by atoms with Gasteiger partial charge in [-0.15, -0.1) is 0 Å². The molecule has 0 unspecified atom stereocenters. The molecule has 15 heavy (non-hydrogen) atoms. The SMILES string of the molecule is Cc1cccc(C=O)c1OC(=S)N(C)C. The number of benzene rings is 1. The van der Waals surface area contributed by atoms with Gasteiger partial charge >= 0.3 is 0 Å². The van der Waals surface area contributed by atoms with Crippen LogP contribution >= 0.6 is 12.2 Å². The first kappa shape index (κ1) is 11.7. The van der Waals surface area contributed by atoms with E-state index in [1.807, 2.05) is 19.1 Å². The highest BCUT2D eigenvalue weighted by Gasteiger charge is 2.09. The predicted molar refractivity (Wildman–Crippen MR) is 63.5 cm³/mol. The summed E-state index contributed by atoms with van der Waals surface area (Å²) in [4.78, 5) is 12.5.